The van der Waals surface area contributed by atoms with Crippen LogP contribution in [-0.2, 0) is 4.79 Å². The predicted octanol–water partition coefficient (Wildman–Crippen LogP) is 0.0688. The lowest BCUT2D eigenvalue weighted by atomic mass is 10.1. The van der Waals surface area contributed by atoms with E-state index in [1.54, 1.807) is 13.8 Å². The number of nitrogens with zero attached hydrogens (tertiary/aromatic N) is 1. The molecule has 1 atom stereocenters. The standard InChI is InChI=1S/C10H17N3O2/c1-10(2)8(14)13(9(15)12-10)6-7-4-3-5-11-7/h7,11H,3-6H2,1-2H3,(H,12,15). The second kappa shape index (κ2) is 3.48. The van der Waals surface area contributed by atoms with Gasteiger partial charge in [-0.15, -0.1) is 0 Å². The van der Waals surface area contributed by atoms with Gasteiger partial charge in [0.2, 0.25) is 0 Å². The molecule has 2 rings (SSSR count). The SMILES string of the molecule is CC1(C)NC(=O)N(CC2CCCN2)C1=O. The average molecular weight is 211 g/mol. The minimum absolute atomic E-state index is 0.124. The van der Waals surface area contributed by atoms with E-state index >= 15 is 0 Å². The maximum atomic E-state index is 11.8. The fraction of sp³-hybridized carbons (Fsp3) is 0.800. The summed E-state index contributed by atoms with van der Waals surface area (Å²) in [7, 11) is 0. The molecule has 15 heavy (non-hydrogen) atoms. The van der Waals surface area contributed by atoms with Gasteiger partial charge < -0.3 is 10.6 Å². The molecular formula is C10H17N3O2. The third kappa shape index (κ3) is 1.84. The van der Waals surface area contributed by atoms with E-state index in [9.17, 15) is 9.59 Å². The lowest BCUT2D eigenvalue weighted by Gasteiger charge is -2.19. The van der Waals surface area contributed by atoms with Gasteiger partial charge >= 0.3 is 6.03 Å². The Bertz CT molecular complexity index is 295. The molecule has 5 heteroatoms. The summed E-state index contributed by atoms with van der Waals surface area (Å²) in [6.07, 6.45) is 2.16. The Morgan fingerprint density at radius 2 is 2.20 bits per heavy atom. The molecule has 2 fully saturated rings. The van der Waals surface area contributed by atoms with Gasteiger partial charge in [-0.05, 0) is 33.2 Å². The van der Waals surface area contributed by atoms with Gasteiger partial charge in [0.1, 0.15) is 5.54 Å². The van der Waals surface area contributed by atoms with Crippen LogP contribution < -0.4 is 10.6 Å². The molecule has 2 N–H and O–H groups in total. The molecule has 0 aromatic carbocycles. The number of hydrogen-bond donors (Lipinski definition) is 2. The number of imide groups is 1. The van der Waals surface area contributed by atoms with E-state index in [2.05, 4.69) is 10.6 Å². The van der Waals surface area contributed by atoms with Crippen molar-refractivity contribution in [1.29, 1.82) is 0 Å². The van der Waals surface area contributed by atoms with Crippen LogP contribution in [0.1, 0.15) is 26.7 Å². The number of rotatable bonds is 2. The molecule has 1 unspecified atom stereocenters. The van der Waals surface area contributed by atoms with Crippen LogP contribution in [0.4, 0.5) is 4.79 Å². The summed E-state index contributed by atoms with van der Waals surface area (Å²) in [6.45, 7) is 4.94. The highest BCUT2D eigenvalue weighted by Crippen LogP contribution is 2.18. The normalized spacial score (nSPS) is 29.7. The number of urea groups is 1. The summed E-state index contributed by atoms with van der Waals surface area (Å²) in [5, 5.41) is 5.95. The summed E-state index contributed by atoms with van der Waals surface area (Å²) in [5.41, 5.74) is -0.740. The van der Waals surface area contributed by atoms with Crippen LogP contribution in [0.15, 0.2) is 0 Å². The Balaban J connectivity index is 2.02. The minimum Gasteiger partial charge on any atom is -0.324 e. The summed E-state index contributed by atoms with van der Waals surface area (Å²) in [6, 6.07) is 0.00676. The Morgan fingerprint density at radius 3 is 2.67 bits per heavy atom. The van der Waals surface area contributed by atoms with Crippen LogP contribution in [0, 0.1) is 0 Å². The molecular weight excluding hydrogens is 194 g/mol. The van der Waals surface area contributed by atoms with Gasteiger partial charge in [0.05, 0.1) is 0 Å². The van der Waals surface area contributed by atoms with Crippen molar-refractivity contribution in [2.45, 2.75) is 38.3 Å². The maximum Gasteiger partial charge on any atom is 0.325 e. The average Bonchev–Trinajstić information content (AvgIpc) is 2.69. The first kappa shape index (κ1) is 10.4. The number of carbonyl (C=O) groups is 2. The highest BCUT2D eigenvalue weighted by molar-refractivity contribution is 6.06. The molecule has 84 valence electrons. The summed E-state index contributed by atoms with van der Waals surface area (Å²) >= 11 is 0. The zero-order valence-corrected chi connectivity index (χ0v) is 9.17. The molecule has 0 spiro atoms. The van der Waals surface area contributed by atoms with Gasteiger partial charge in [0, 0.05) is 12.6 Å². The Kier molecular flexibility index (Phi) is 2.42. The summed E-state index contributed by atoms with van der Waals surface area (Å²) in [5.74, 6) is -0.124. The highest BCUT2D eigenvalue weighted by atomic mass is 16.2. The highest BCUT2D eigenvalue weighted by Gasteiger charge is 2.44. The maximum absolute atomic E-state index is 11.8. The summed E-state index contributed by atoms with van der Waals surface area (Å²) in [4.78, 5) is 24.7. The van der Waals surface area contributed by atoms with Gasteiger partial charge in [-0.2, -0.15) is 0 Å². The fourth-order valence-electron chi connectivity index (χ4n) is 2.12. The molecule has 2 saturated heterocycles. The molecule has 5 nitrogen and oxygen atoms in total. The molecule has 2 heterocycles. The van der Waals surface area contributed by atoms with Crippen molar-refractivity contribution in [3.8, 4) is 0 Å². The lowest BCUT2D eigenvalue weighted by molar-refractivity contribution is -0.130. The van der Waals surface area contributed by atoms with Gasteiger partial charge in [0.25, 0.3) is 5.91 Å². The Hall–Kier alpha value is -1.10. The molecule has 0 saturated carbocycles. The topological polar surface area (TPSA) is 61.4 Å². The van der Waals surface area contributed by atoms with E-state index in [4.69, 9.17) is 0 Å². The Morgan fingerprint density at radius 1 is 1.47 bits per heavy atom. The van der Waals surface area contributed by atoms with Crippen molar-refractivity contribution in [3.05, 3.63) is 0 Å². The second-order valence-corrected chi connectivity index (χ2v) is 4.76. The smallest absolute Gasteiger partial charge is 0.324 e. The van der Waals surface area contributed by atoms with Crippen molar-refractivity contribution in [1.82, 2.24) is 15.5 Å². The van der Waals surface area contributed by atoms with Gasteiger partial charge in [0.15, 0.2) is 0 Å². The quantitative estimate of drug-likeness (QED) is 0.635. The molecule has 0 aliphatic carbocycles. The van der Waals surface area contributed by atoms with Gasteiger partial charge in [-0.1, -0.05) is 0 Å². The van der Waals surface area contributed by atoms with Gasteiger partial charge in [-0.25, -0.2) is 4.79 Å². The predicted molar refractivity (Wildman–Crippen MR) is 55.3 cm³/mol. The van der Waals surface area contributed by atoms with Crippen molar-refractivity contribution in [3.63, 3.8) is 0 Å². The van der Waals surface area contributed by atoms with Crippen LogP contribution in [0.5, 0.6) is 0 Å². The molecule has 0 radical (unpaired) electrons. The van der Waals surface area contributed by atoms with Crippen molar-refractivity contribution in [2.24, 2.45) is 0 Å². The zero-order chi connectivity index (χ0) is 11.1. The van der Waals surface area contributed by atoms with Crippen LogP contribution in [-0.4, -0.2) is 41.5 Å². The Labute approximate surface area is 89.2 Å². The second-order valence-electron chi connectivity index (χ2n) is 4.76. The van der Waals surface area contributed by atoms with Crippen LogP contribution in [0.3, 0.4) is 0 Å². The van der Waals surface area contributed by atoms with Crippen LogP contribution >= 0.6 is 0 Å². The zero-order valence-electron chi connectivity index (χ0n) is 9.17. The minimum atomic E-state index is -0.740. The third-order valence-electron chi connectivity index (χ3n) is 3.01. The fourth-order valence-corrected chi connectivity index (χ4v) is 2.12. The van der Waals surface area contributed by atoms with Crippen LogP contribution in [0.25, 0.3) is 0 Å². The molecule has 0 bridgehead atoms. The molecule has 0 aromatic heterocycles. The third-order valence-corrected chi connectivity index (χ3v) is 3.01. The first-order chi connectivity index (χ1) is 7.00. The van der Waals surface area contributed by atoms with E-state index in [1.165, 1.54) is 4.90 Å². The number of hydrogen-bond acceptors (Lipinski definition) is 3. The molecule has 3 amide bonds. The molecule has 0 aromatic rings. The number of amides is 3. The number of nitrogens with one attached hydrogen (secondary N) is 2. The van der Waals surface area contributed by atoms with Gasteiger partial charge in [-0.3, -0.25) is 9.69 Å². The first-order valence-electron chi connectivity index (χ1n) is 5.38. The van der Waals surface area contributed by atoms with E-state index in [1.807, 2.05) is 0 Å². The number of carbonyl (C=O) groups excluding carboxylic acids is 2. The largest absolute Gasteiger partial charge is 0.325 e. The molecule has 2 aliphatic heterocycles. The molecule has 2 aliphatic rings. The van der Waals surface area contributed by atoms with E-state index < -0.39 is 5.54 Å². The van der Waals surface area contributed by atoms with E-state index in [-0.39, 0.29) is 18.0 Å². The van der Waals surface area contributed by atoms with E-state index in [0.717, 1.165) is 19.4 Å². The summed E-state index contributed by atoms with van der Waals surface area (Å²) < 4.78 is 0. The monoisotopic (exact) mass is 211 g/mol. The van der Waals surface area contributed by atoms with Crippen molar-refractivity contribution >= 4 is 11.9 Å². The van der Waals surface area contributed by atoms with Crippen LogP contribution in [0.2, 0.25) is 0 Å². The first-order valence-corrected chi connectivity index (χ1v) is 5.38. The van der Waals surface area contributed by atoms with E-state index in [0.29, 0.717) is 6.54 Å². The van der Waals surface area contributed by atoms with Crippen molar-refractivity contribution in [2.75, 3.05) is 13.1 Å². The van der Waals surface area contributed by atoms with Crippen molar-refractivity contribution < 1.29 is 9.59 Å². The lowest BCUT2D eigenvalue weighted by Crippen LogP contribution is -2.43.